The average Bonchev–Trinajstić information content (AvgIpc) is 2.60. The van der Waals surface area contributed by atoms with Crippen molar-refractivity contribution in [2.45, 2.75) is 13.8 Å². The lowest BCUT2D eigenvalue weighted by Crippen LogP contribution is -2.33. The third-order valence-corrected chi connectivity index (χ3v) is 2.64. The van der Waals surface area contributed by atoms with Gasteiger partial charge in [0.05, 0.1) is 5.69 Å². The van der Waals surface area contributed by atoms with Crippen LogP contribution in [0.15, 0.2) is 5.38 Å². The van der Waals surface area contributed by atoms with Crippen LogP contribution in [0.5, 0.6) is 0 Å². The third kappa shape index (κ3) is 4.26. The van der Waals surface area contributed by atoms with Gasteiger partial charge in [0.2, 0.25) is 0 Å². The van der Waals surface area contributed by atoms with E-state index in [0.717, 1.165) is 5.69 Å². The molecule has 0 spiro atoms. The Morgan fingerprint density at radius 3 is 3.00 bits per heavy atom. The number of urea groups is 1. The fourth-order valence-electron chi connectivity index (χ4n) is 0.884. The summed E-state index contributed by atoms with van der Waals surface area (Å²) in [6.45, 7) is 4.24. The van der Waals surface area contributed by atoms with Crippen LogP contribution in [0.4, 0.5) is 9.93 Å². The fourth-order valence-corrected chi connectivity index (χ4v) is 1.57. The summed E-state index contributed by atoms with van der Waals surface area (Å²) in [7, 11) is 0. The van der Waals surface area contributed by atoms with E-state index in [0.29, 0.717) is 11.7 Å². The van der Waals surface area contributed by atoms with E-state index in [1.54, 1.807) is 0 Å². The summed E-state index contributed by atoms with van der Waals surface area (Å²) in [6, 6.07) is -0.287. The van der Waals surface area contributed by atoms with Crippen LogP contribution in [0.3, 0.4) is 0 Å². The number of aliphatic hydroxyl groups excluding tert-OH is 1. The Bertz CT molecular complexity index is 327. The first-order chi connectivity index (χ1) is 7.11. The van der Waals surface area contributed by atoms with Gasteiger partial charge in [-0.15, -0.1) is 11.3 Å². The molecule has 1 aromatic heterocycles. The minimum atomic E-state index is -0.287. The number of aryl methyl sites for hydroxylation is 1. The Balaban J connectivity index is 2.30. The largest absolute Gasteiger partial charge is 0.396 e. The molecule has 0 bridgehead atoms. The first kappa shape index (κ1) is 11.9. The zero-order chi connectivity index (χ0) is 11.3. The molecule has 0 aliphatic rings. The summed E-state index contributed by atoms with van der Waals surface area (Å²) < 4.78 is 0. The zero-order valence-corrected chi connectivity index (χ0v) is 9.60. The van der Waals surface area contributed by atoms with Crippen molar-refractivity contribution in [1.29, 1.82) is 0 Å². The Kier molecular flexibility index (Phi) is 4.51. The van der Waals surface area contributed by atoms with Crippen LogP contribution in [-0.2, 0) is 0 Å². The number of rotatable bonds is 4. The molecule has 1 atom stereocenters. The van der Waals surface area contributed by atoms with E-state index in [2.05, 4.69) is 15.6 Å². The van der Waals surface area contributed by atoms with Crippen molar-refractivity contribution in [3.63, 3.8) is 0 Å². The number of anilines is 1. The second kappa shape index (κ2) is 5.67. The number of aromatic nitrogens is 1. The lowest BCUT2D eigenvalue weighted by atomic mass is 10.2. The van der Waals surface area contributed by atoms with Gasteiger partial charge in [-0.3, -0.25) is 5.32 Å². The van der Waals surface area contributed by atoms with Crippen molar-refractivity contribution < 1.29 is 9.90 Å². The summed E-state index contributed by atoms with van der Waals surface area (Å²) >= 11 is 1.39. The van der Waals surface area contributed by atoms with Crippen LogP contribution >= 0.6 is 11.3 Å². The predicted molar refractivity (Wildman–Crippen MR) is 60.1 cm³/mol. The number of nitrogens with zero attached hydrogens (tertiary/aromatic N) is 1. The summed E-state index contributed by atoms with van der Waals surface area (Å²) in [5.41, 5.74) is 0.888. The van der Waals surface area contributed by atoms with Gasteiger partial charge >= 0.3 is 6.03 Å². The zero-order valence-electron chi connectivity index (χ0n) is 8.78. The van der Waals surface area contributed by atoms with E-state index in [1.807, 2.05) is 19.2 Å². The molecule has 1 rings (SSSR count). The number of nitrogens with one attached hydrogen (secondary N) is 2. The van der Waals surface area contributed by atoms with Crippen LogP contribution < -0.4 is 10.6 Å². The average molecular weight is 229 g/mol. The van der Waals surface area contributed by atoms with Crippen molar-refractivity contribution >= 4 is 22.5 Å². The highest BCUT2D eigenvalue weighted by Crippen LogP contribution is 2.13. The molecule has 1 unspecified atom stereocenters. The minimum absolute atomic E-state index is 0.0637. The van der Waals surface area contributed by atoms with E-state index in [4.69, 9.17) is 5.11 Å². The Morgan fingerprint density at radius 1 is 1.73 bits per heavy atom. The maximum atomic E-state index is 11.3. The SMILES string of the molecule is Cc1csc(NC(=O)NCC(C)CO)n1. The molecule has 3 N–H and O–H groups in total. The van der Waals surface area contributed by atoms with Crippen molar-refractivity contribution in [1.82, 2.24) is 10.3 Å². The summed E-state index contributed by atoms with van der Waals surface area (Å²) in [6.07, 6.45) is 0. The number of hydrogen-bond donors (Lipinski definition) is 3. The molecule has 1 aromatic rings. The molecule has 84 valence electrons. The molecule has 0 aromatic carbocycles. The van der Waals surface area contributed by atoms with Crippen molar-refractivity contribution in [2.75, 3.05) is 18.5 Å². The van der Waals surface area contributed by atoms with Crippen molar-refractivity contribution in [3.05, 3.63) is 11.1 Å². The molecule has 2 amide bonds. The summed E-state index contributed by atoms with van der Waals surface area (Å²) in [5.74, 6) is 0.0637. The Hall–Kier alpha value is -1.14. The van der Waals surface area contributed by atoms with E-state index < -0.39 is 0 Å². The topological polar surface area (TPSA) is 74.2 Å². The van der Waals surface area contributed by atoms with Gasteiger partial charge in [0, 0.05) is 18.5 Å². The van der Waals surface area contributed by atoms with Crippen LogP contribution in [0.1, 0.15) is 12.6 Å². The molecule has 0 aliphatic heterocycles. The van der Waals surface area contributed by atoms with E-state index in [1.165, 1.54) is 11.3 Å². The van der Waals surface area contributed by atoms with Crippen LogP contribution in [0.2, 0.25) is 0 Å². The Labute approximate surface area is 92.5 Å². The van der Waals surface area contributed by atoms with Gasteiger partial charge in [0.25, 0.3) is 0 Å². The normalized spacial score (nSPS) is 12.2. The highest BCUT2D eigenvalue weighted by Gasteiger charge is 2.06. The number of amides is 2. The molecular weight excluding hydrogens is 214 g/mol. The third-order valence-electron chi connectivity index (χ3n) is 1.76. The maximum Gasteiger partial charge on any atom is 0.321 e. The molecule has 0 radical (unpaired) electrons. The van der Waals surface area contributed by atoms with Gasteiger partial charge in [-0.25, -0.2) is 9.78 Å². The smallest absolute Gasteiger partial charge is 0.321 e. The number of thiazole rings is 1. The highest BCUT2D eigenvalue weighted by atomic mass is 32.1. The number of hydrogen-bond acceptors (Lipinski definition) is 4. The number of carbonyl (C=O) groups excluding carboxylic acids is 1. The molecular formula is C9H15N3O2S. The van der Waals surface area contributed by atoms with Crippen LogP contribution in [0.25, 0.3) is 0 Å². The van der Waals surface area contributed by atoms with E-state index in [-0.39, 0.29) is 18.6 Å². The lowest BCUT2D eigenvalue weighted by Gasteiger charge is -2.09. The molecule has 0 fully saturated rings. The van der Waals surface area contributed by atoms with E-state index in [9.17, 15) is 4.79 Å². The minimum Gasteiger partial charge on any atom is -0.396 e. The molecule has 0 saturated heterocycles. The molecule has 6 heteroatoms. The quantitative estimate of drug-likeness (QED) is 0.726. The second-order valence-electron chi connectivity index (χ2n) is 3.42. The van der Waals surface area contributed by atoms with Gasteiger partial charge in [0.1, 0.15) is 0 Å². The first-order valence-corrected chi connectivity index (χ1v) is 5.57. The fraction of sp³-hybridized carbons (Fsp3) is 0.556. The number of carbonyl (C=O) groups is 1. The maximum absolute atomic E-state index is 11.3. The first-order valence-electron chi connectivity index (χ1n) is 4.69. The molecule has 15 heavy (non-hydrogen) atoms. The lowest BCUT2D eigenvalue weighted by molar-refractivity contribution is 0.227. The summed E-state index contributed by atoms with van der Waals surface area (Å²) in [4.78, 5) is 15.4. The van der Waals surface area contributed by atoms with Gasteiger partial charge in [-0.1, -0.05) is 6.92 Å². The highest BCUT2D eigenvalue weighted by molar-refractivity contribution is 7.13. The predicted octanol–water partition coefficient (Wildman–Crippen LogP) is 1.20. The van der Waals surface area contributed by atoms with Gasteiger partial charge in [-0.05, 0) is 12.8 Å². The Morgan fingerprint density at radius 2 is 2.47 bits per heavy atom. The van der Waals surface area contributed by atoms with Crippen molar-refractivity contribution in [2.24, 2.45) is 5.92 Å². The van der Waals surface area contributed by atoms with E-state index >= 15 is 0 Å². The molecule has 5 nitrogen and oxygen atoms in total. The molecule has 1 heterocycles. The molecule has 0 saturated carbocycles. The van der Waals surface area contributed by atoms with Gasteiger partial charge in [0.15, 0.2) is 5.13 Å². The van der Waals surface area contributed by atoms with Gasteiger partial charge in [-0.2, -0.15) is 0 Å². The van der Waals surface area contributed by atoms with Gasteiger partial charge < -0.3 is 10.4 Å². The van der Waals surface area contributed by atoms with Crippen LogP contribution in [0, 0.1) is 12.8 Å². The van der Waals surface area contributed by atoms with Crippen LogP contribution in [-0.4, -0.2) is 29.3 Å². The second-order valence-corrected chi connectivity index (χ2v) is 4.27. The van der Waals surface area contributed by atoms with Crippen molar-refractivity contribution in [3.8, 4) is 0 Å². The standard InChI is InChI=1S/C9H15N3O2S/c1-6(4-13)3-10-8(14)12-9-11-7(2)5-15-9/h5-6,13H,3-4H2,1-2H3,(H2,10,11,12,14). The molecule has 0 aliphatic carbocycles. The number of aliphatic hydroxyl groups is 1. The monoisotopic (exact) mass is 229 g/mol. The summed E-state index contributed by atoms with van der Waals surface area (Å²) in [5, 5.41) is 16.5.